The minimum atomic E-state index is -1.10. The van der Waals surface area contributed by atoms with E-state index >= 15 is 0 Å². The summed E-state index contributed by atoms with van der Waals surface area (Å²) in [7, 11) is 1.66. The number of carboxylic acid groups (broad SMARTS) is 1. The van der Waals surface area contributed by atoms with Gasteiger partial charge in [-0.25, -0.2) is 4.79 Å². The van der Waals surface area contributed by atoms with E-state index in [1.807, 2.05) is 36.4 Å². The molecule has 2 amide bonds. The summed E-state index contributed by atoms with van der Waals surface area (Å²) >= 11 is 3.05. The van der Waals surface area contributed by atoms with Crippen molar-refractivity contribution in [2.45, 2.75) is 16.2 Å². The fourth-order valence-corrected chi connectivity index (χ4v) is 5.91. The summed E-state index contributed by atoms with van der Waals surface area (Å²) in [5.74, 6) is 0.778. The lowest BCUT2D eigenvalue weighted by molar-refractivity contribution is 0.0794. The first kappa shape index (κ1) is 21.6. The number of anilines is 1. The molecule has 3 aromatic rings. The van der Waals surface area contributed by atoms with E-state index in [2.05, 4.69) is 25.5 Å². The molecule has 0 spiro atoms. The number of amides is 2. The highest BCUT2D eigenvalue weighted by atomic mass is 32.2. The molecule has 0 aliphatic carbocycles. The number of hydrogen-bond acceptors (Lipinski definition) is 9. The summed E-state index contributed by atoms with van der Waals surface area (Å²) in [6, 6.07) is 11.7. The maximum Gasteiger partial charge on any atom is 0.404 e. The van der Waals surface area contributed by atoms with Gasteiger partial charge in [-0.15, -0.1) is 16.9 Å². The molecule has 1 aromatic heterocycles. The maximum atomic E-state index is 12.8. The van der Waals surface area contributed by atoms with Crippen LogP contribution in [-0.2, 0) is 0 Å². The van der Waals surface area contributed by atoms with Gasteiger partial charge in [0.1, 0.15) is 11.4 Å². The zero-order valence-electron chi connectivity index (χ0n) is 17.6. The number of fused-ring (bicyclic) bond motifs is 4. The van der Waals surface area contributed by atoms with Gasteiger partial charge in [0.25, 0.3) is 5.91 Å². The Bertz CT molecular complexity index is 1260. The van der Waals surface area contributed by atoms with Crippen LogP contribution in [0, 0.1) is 0 Å². The first-order valence-electron chi connectivity index (χ1n) is 10.3. The molecular weight excluding hydrogens is 462 g/mol. The SMILES string of the molecule is CN(CCNC(=O)O)C(=O)c1ccc2c(c1)SC1NCN=C(Nc3ccc4nnsc4c3)C21. The molecule has 2 aromatic carbocycles. The molecule has 170 valence electrons. The van der Waals surface area contributed by atoms with Crippen LogP contribution in [0.4, 0.5) is 10.5 Å². The van der Waals surface area contributed by atoms with Crippen molar-refractivity contribution in [3.8, 4) is 0 Å². The highest BCUT2D eigenvalue weighted by Gasteiger charge is 2.39. The van der Waals surface area contributed by atoms with Crippen molar-refractivity contribution in [1.82, 2.24) is 25.1 Å². The largest absolute Gasteiger partial charge is 0.465 e. The van der Waals surface area contributed by atoms with E-state index < -0.39 is 6.09 Å². The van der Waals surface area contributed by atoms with Crippen molar-refractivity contribution in [3.05, 3.63) is 47.5 Å². The number of likely N-dealkylation sites (N-methyl/N-ethyl adjacent to an activating group) is 1. The minimum Gasteiger partial charge on any atom is -0.465 e. The zero-order valence-corrected chi connectivity index (χ0v) is 19.2. The van der Waals surface area contributed by atoms with Gasteiger partial charge in [0, 0.05) is 36.3 Å². The van der Waals surface area contributed by atoms with Crippen molar-refractivity contribution < 1.29 is 14.7 Å². The van der Waals surface area contributed by atoms with E-state index in [0.29, 0.717) is 18.8 Å². The zero-order chi connectivity index (χ0) is 22.9. The summed E-state index contributed by atoms with van der Waals surface area (Å²) in [5.41, 5.74) is 3.51. The maximum absolute atomic E-state index is 12.8. The molecule has 12 heteroatoms. The second kappa shape index (κ2) is 8.96. The first-order valence-corrected chi connectivity index (χ1v) is 11.9. The molecule has 2 unspecified atom stereocenters. The third kappa shape index (κ3) is 4.36. The fourth-order valence-electron chi connectivity index (χ4n) is 3.94. The predicted molar refractivity (Wildman–Crippen MR) is 128 cm³/mol. The van der Waals surface area contributed by atoms with E-state index in [-0.39, 0.29) is 23.7 Å². The number of aromatic nitrogens is 2. The van der Waals surface area contributed by atoms with Crippen LogP contribution >= 0.6 is 23.3 Å². The predicted octanol–water partition coefficient (Wildman–Crippen LogP) is 2.62. The first-order chi connectivity index (χ1) is 16.0. The van der Waals surface area contributed by atoms with Gasteiger partial charge >= 0.3 is 6.09 Å². The average molecular weight is 484 g/mol. The molecule has 2 aliphatic rings. The molecule has 0 fully saturated rings. The van der Waals surface area contributed by atoms with E-state index in [1.54, 1.807) is 18.8 Å². The number of carbonyl (C=O) groups is 2. The third-order valence-corrected chi connectivity index (χ3v) is 7.57. The van der Waals surface area contributed by atoms with E-state index in [4.69, 9.17) is 10.1 Å². The second-order valence-electron chi connectivity index (χ2n) is 7.71. The highest BCUT2D eigenvalue weighted by Crippen LogP contribution is 2.46. The van der Waals surface area contributed by atoms with Crippen LogP contribution in [0.2, 0.25) is 0 Å². The van der Waals surface area contributed by atoms with Gasteiger partial charge in [-0.3, -0.25) is 15.1 Å². The van der Waals surface area contributed by atoms with Gasteiger partial charge in [-0.2, -0.15) is 0 Å². The quantitative estimate of drug-likeness (QED) is 0.436. The smallest absolute Gasteiger partial charge is 0.404 e. The lowest BCUT2D eigenvalue weighted by atomic mass is 9.95. The van der Waals surface area contributed by atoms with Crippen LogP contribution in [0.5, 0.6) is 0 Å². The second-order valence-corrected chi connectivity index (χ2v) is 9.68. The lowest BCUT2D eigenvalue weighted by Gasteiger charge is -2.27. The van der Waals surface area contributed by atoms with E-state index in [1.165, 1.54) is 16.4 Å². The Balaban J connectivity index is 1.33. The Morgan fingerprint density at radius 2 is 2.15 bits per heavy atom. The van der Waals surface area contributed by atoms with Gasteiger partial charge < -0.3 is 20.6 Å². The van der Waals surface area contributed by atoms with Gasteiger partial charge in [0.15, 0.2) is 0 Å². The molecule has 3 heterocycles. The standard InChI is InChI=1S/C21H21N7O3S2/c1-28(7-6-22-21(30)31)20(29)11-2-4-13-15(8-11)32-19-17(13)18(23-10-24-19)25-12-3-5-14-16(9-12)33-27-26-14/h2-5,8-9,17,19,22,24H,6-7,10H2,1H3,(H,23,25)(H,30,31). The third-order valence-electron chi connectivity index (χ3n) is 5.58. The fraction of sp³-hybridized carbons (Fsp3) is 0.286. The molecule has 10 nitrogen and oxygen atoms in total. The topological polar surface area (TPSA) is 132 Å². The Morgan fingerprint density at radius 3 is 3.00 bits per heavy atom. The van der Waals surface area contributed by atoms with E-state index in [0.717, 1.165) is 32.2 Å². The van der Waals surface area contributed by atoms with Crippen LogP contribution in [-0.4, -0.2) is 69.6 Å². The molecule has 4 N–H and O–H groups in total. The summed E-state index contributed by atoms with van der Waals surface area (Å²) in [5, 5.41) is 22.1. The molecule has 0 saturated heterocycles. The van der Waals surface area contributed by atoms with Crippen molar-refractivity contribution in [2.75, 3.05) is 32.1 Å². The van der Waals surface area contributed by atoms with Crippen LogP contribution in [0.1, 0.15) is 21.8 Å². The Hall–Kier alpha value is -3.22. The van der Waals surface area contributed by atoms with E-state index in [9.17, 15) is 9.59 Å². The highest BCUT2D eigenvalue weighted by molar-refractivity contribution is 8.00. The molecule has 5 rings (SSSR count). The Kier molecular flexibility index (Phi) is 5.87. The number of benzene rings is 2. The number of carbonyl (C=O) groups excluding carboxylic acids is 1. The Labute approximate surface area is 197 Å². The molecule has 2 aliphatic heterocycles. The minimum absolute atomic E-state index is 0.0377. The number of amidine groups is 1. The number of nitrogens with zero attached hydrogens (tertiary/aromatic N) is 4. The van der Waals surface area contributed by atoms with Crippen molar-refractivity contribution in [3.63, 3.8) is 0 Å². The molecule has 0 radical (unpaired) electrons. The summed E-state index contributed by atoms with van der Waals surface area (Å²) in [6.07, 6.45) is -1.10. The van der Waals surface area contributed by atoms with Gasteiger partial charge in [-0.05, 0) is 47.4 Å². The van der Waals surface area contributed by atoms with Crippen LogP contribution < -0.4 is 16.0 Å². The van der Waals surface area contributed by atoms with Crippen molar-refractivity contribution >= 4 is 57.0 Å². The summed E-state index contributed by atoms with van der Waals surface area (Å²) in [6.45, 7) is 0.989. The molecule has 0 saturated carbocycles. The van der Waals surface area contributed by atoms with Crippen molar-refractivity contribution in [1.29, 1.82) is 0 Å². The van der Waals surface area contributed by atoms with Crippen LogP contribution in [0.25, 0.3) is 10.2 Å². The number of nitrogens with one attached hydrogen (secondary N) is 3. The van der Waals surface area contributed by atoms with Crippen LogP contribution in [0.3, 0.4) is 0 Å². The molecule has 0 bridgehead atoms. The number of hydrogen-bond donors (Lipinski definition) is 4. The van der Waals surface area contributed by atoms with Gasteiger partial charge in [0.05, 0.1) is 22.7 Å². The average Bonchev–Trinajstić information content (AvgIpc) is 3.42. The Morgan fingerprint density at radius 1 is 1.27 bits per heavy atom. The van der Waals surface area contributed by atoms with Crippen molar-refractivity contribution in [2.24, 2.45) is 4.99 Å². The van der Waals surface area contributed by atoms with Gasteiger partial charge in [-0.1, -0.05) is 10.6 Å². The normalized spacial score (nSPS) is 18.9. The van der Waals surface area contributed by atoms with Crippen LogP contribution in [0.15, 0.2) is 46.3 Å². The molecular formula is C21H21N7O3S2. The number of thioether (sulfide) groups is 1. The summed E-state index contributed by atoms with van der Waals surface area (Å²) in [4.78, 5) is 30.7. The monoisotopic (exact) mass is 483 g/mol. The van der Waals surface area contributed by atoms with Gasteiger partial charge in [0.2, 0.25) is 0 Å². The number of rotatable bonds is 5. The number of aliphatic imine (C=N–C) groups is 1. The molecule has 33 heavy (non-hydrogen) atoms. The molecule has 2 atom stereocenters. The lowest BCUT2D eigenvalue weighted by Crippen LogP contribution is -2.41. The summed E-state index contributed by atoms with van der Waals surface area (Å²) < 4.78 is 5.00.